The Hall–Kier alpha value is -1.66. The fourth-order valence-electron chi connectivity index (χ4n) is 2.01. The summed E-state index contributed by atoms with van der Waals surface area (Å²) in [5.74, 6) is 0.682. The molecule has 0 aliphatic rings. The van der Waals surface area contributed by atoms with E-state index in [4.69, 9.17) is 9.47 Å². The van der Waals surface area contributed by atoms with E-state index in [0.29, 0.717) is 44.6 Å². The standard InChI is InChI=1S/C16H27N5O4.HI/c1-17-16(19-8-5-11-25-13-12-24-2)20-10-9-18-14-6-3-4-7-15(14)21(22)23;/h3-4,6-7,18H,5,8-13H2,1-2H3,(H2,17,19,20);1H. The smallest absolute Gasteiger partial charge is 0.292 e. The van der Waals surface area contributed by atoms with Gasteiger partial charge in [0.2, 0.25) is 0 Å². The molecule has 1 rings (SSSR count). The molecule has 0 fully saturated rings. The maximum absolute atomic E-state index is 10.9. The molecule has 0 aliphatic heterocycles. The van der Waals surface area contributed by atoms with Gasteiger partial charge < -0.3 is 25.4 Å². The largest absolute Gasteiger partial charge is 0.382 e. The van der Waals surface area contributed by atoms with E-state index in [2.05, 4.69) is 20.9 Å². The quantitative estimate of drug-likeness (QED) is 0.104. The Balaban J connectivity index is 0.00000625. The molecule has 148 valence electrons. The van der Waals surface area contributed by atoms with Crippen LogP contribution in [0.15, 0.2) is 29.3 Å². The minimum atomic E-state index is -0.398. The lowest BCUT2D eigenvalue weighted by atomic mass is 10.2. The van der Waals surface area contributed by atoms with Crippen LogP contribution in [-0.4, -0.2) is 64.5 Å². The molecule has 0 saturated carbocycles. The molecule has 3 N–H and O–H groups in total. The Morgan fingerprint density at radius 2 is 1.88 bits per heavy atom. The highest BCUT2D eigenvalue weighted by atomic mass is 127. The van der Waals surface area contributed by atoms with E-state index in [9.17, 15) is 10.1 Å². The molecule has 0 bridgehead atoms. The Kier molecular flexibility index (Phi) is 14.6. The molecule has 0 aliphatic carbocycles. The summed E-state index contributed by atoms with van der Waals surface area (Å²) in [4.78, 5) is 14.7. The number of nitro groups is 1. The first-order valence-corrected chi connectivity index (χ1v) is 8.17. The van der Waals surface area contributed by atoms with Crippen LogP contribution >= 0.6 is 24.0 Å². The third-order valence-corrected chi connectivity index (χ3v) is 3.25. The number of hydrogen-bond donors (Lipinski definition) is 3. The van der Waals surface area contributed by atoms with Gasteiger partial charge in [0, 0.05) is 46.5 Å². The molecule has 9 nitrogen and oxygen atoms in total. The van der Waals surface area contributed by atoms with Crippen molar-refractivity contribution in [2.45, 2.75) is 6.42 Å². The van der Waals surface area contributed by atoms with E-state index in [1.165, 1.54) is 6.07 Å². The predicted octanol–water partition coefficient (Wildman–Crippen LogP) is 1.84. The monoisotopic (exact) mass is 481 g/mol. The summed E-state index contributed by atoms with van der Waals surface area (Å²) in [6.07, 6.45) is 0.860. The van der Waals surface area contributed by atoms with Crippen LogP contribution in [0.5, 0.6) is 0 Å². The summed E-state index contributed by atoms with van der Waals surface area (Å²) in [6.45, 7) is 3.71. The van der Waals surface area contributed by atoms with Crippen molar-refractivity contribution in [3.8, 4) is 0 Å². The molecule has 0 amide bonds. The van der Waals surface area contributed by atoms with Crippen molar-refractivity contribution in [1.29, 1.82) is 0 Å². The summed E-state index contributed by atoms with van der Waals surface area (Å²) < 4.78 is 10.3. The minimum Gasteiger partial charge on any atom is -0.382 e. The van der Waals surface area contributed by atoms with Crippen LogP contribution in [0.25, 0.3) is 0 Å². The minimum absolute atomic E-state index is 0. The van der Waals surface area contributed by atoms with Gasteiger partial charge in [0.25, 0.3) is 5.69 Å². The molecule has 0 atom stereocenters. The van der Waals surface area contributed by atoms with Crippen molar-refractivity contribution in [1.82, 2.24) is 10.6 Å². The number of methoxy groups -OCH3 is 1. The second-order valence-corrected chi connectivity index (χ2v) is 5.09. The van der Waals surface area contributed by atoms with Crippen molar-refractivity contribution in [2.75, 3.05) is 58.9 Å². The molecular formula is C16H28IN5O4. The summed E-state index contributed by atoms with van der Waals surface area (Å²) >= 11 is 0. The van der Waals surface area contributed by atoms with Crippen LogP contribution in [-0.2, 0) is 9.47 Å². The van der Waals surface area contributed by atoms with Crippen LogP contribution in [0.3, 0.4) is 0 Å². The third-order valence-electron chi connectivity index (χ3n) is 3.25. The normalized spacial score (nSPS) is 10.8. The van der Waals surface area contributed by atoms with Crippen LogP contribution < -0.4 is 16.0 Å². The van der Waals surface area contributed by atoms with Gasteiger partial charge in [-0.2, -0.15) is 0 Å². The number of aliphatic imine (C=N–C) groups is 1. The van der Waals surface area contributed by atoms with E-state index >= 15 is 0 Å². The van der Waals surface area contributed by atoms with Crippen molar-refractivity contribution >= 4 is 41.3 Å². The van der Waals surface area contributed by atoms with Crippen LogP contribution in [0, 0.1) is 10.1 Å². The van der Waals surface area contributed by atoms with Crippen molar-refractivity contribution in [3.05, 3.63) is 34.4 Å². The van der Waals surface area contributed by atoms with Crippen LogP contribution in [0.4, 0.5) is 11.4 Å². The van der Waals surface area contributed by atoms with Gasteiger partial charge in [0.1, 0.15) is 5.69 Å². The summed E-state index contributed by atoms with van der Waals surface area (Å²) in [7, 11) is 3.34. The van der Waals surface area contributed by atoms with Gasteiger partial charge in [-0.3, -0.25) is 15.1 Å². The van der Waals surface area contributed by atoms with Crippen molar-refractivity contribution in [2.24, 2.45) is 4.99 Å². The number of nitro benzene ring substituents is 1. The molecule has 1 aromatic carbocycles. The molecule has 0 heterocycles. The van der Waals surface area contributed by atoms with Crippen LogP contribution in [0.1, 0.15) is 6.42 Å². The van der Waals surface area contributed by atoms with Gasteiger partial charge in [0.15, 0.2) is 5.96 Å². The Bertz CT molecular complexity index is 545. The number of anilines is 1. The molecule has 0 saturated heterocycles. The molecular weight excluding hydrogens is 453 g/mol. The van der Waals surface area contributed by atoms with E-state index in [1.54, 1.807) is 32.4 Å². The number of guanidine groups is 1. The highest BCUT2D eigenvalue weighted by Crippen LogP contribution is 2.22. The fraction of sp³-hybridized carbons (Fsp3) is 0.562. The number of nitrogens with one attached hydrogen (secondary N) is 3. The predicted molar refractivity (Wildman–Crippen MR) is 114 cm³/mol. The molecule has 26 heavy (non-hydrogen) atoms. The maximum Gasteiger partial charge on any atom is 0.292 e. The van der Waals surface area contributed by atoms with Gasteiger partial charge in [-0.25, -0.2) is 0 Å². The Morgan fingerprint density at radius 1 is 1.15 bits per heavy atom. The SMILES string of the molecule is CN=C(NCCCOCCOC)NCCNc1ccccc1[N+](=O)[O-].I. The first-order chi connectivity index (χ1) is 12.2. The highest BCUT2D eigenvalue weighted by molar-refractivity contribution is 14.0. The summed E-state index contributed by atoms with van der Waals surface area (Å²) in [6, 6.07) is 6.57. The lowest BCUT2D eigenvalue weighted by molar-refractivity contribution is -0.384. The van der Waals surface area contributed by atoms with Crippen LogP contribution in [0.2, 0.25) is 0 Å². The number of halogens is 1. The molecule has 0 spiro atoms. The molecule has 0 unspecified atom stereocenters. The first kappa shape index (κ1) is 24.3. The van der Waals surface area contributed by atoms with Gasteiger partial charge in [-0.05, 0) is 12.5 Å². The zero-order chi connectivity index (χ0) is 18.3. The zero-order valence-electron chi connectivity index (χ0n) is 15.2. The lowest BCUT2D eigenvalue weighted by Crippen LogP contribution is -2.40. The summed E-state index contributed by atoms with van der Waals surface area (Å²) in [5.41, 5.74) is 0.573. The van der Waals surface area contributed by atoms with Crippen molar-refractivity contribution in [3.63, 3.8) is 0 Å². The number of rotatable bonds is 12. The summed E-state index contributed by atoms with van der Waals surface area (Å²) in [5, 5.41) is 20.3. The van der Waals surface area contributed by atoms with Gasteiger partial charge in [0.05, 0.1) is 18.1 Å². The highest BCUT2D eigenvalue weighted by Gasteiger charge is 2.11. The lowest BCUT2D eigenvalue weighted by Gasteiger charge is -2.13. The Morgan fingerprint density at radius 3 is 2.58 bits per heavy atom. The first-order valence-electron chi connectivity index (χ1n) is 8.17. The fourth-order valence-corrected chi connectivity index (χ4v) is 2.01. The van der Waals surface area contributed by atoms with E-state index in [0.717, 1.165) is 13.0 Å². The molecule has 0 radical (unpaired) electrons. The van der Waals surface area contributed by atoms with E-state index in [-0.39, 0.29) is 29.7 Å². The number of nitrogens with zero attached hydrogens (tertiary/aromatic N) is 2. The number of ether oxygens (including phenoxy) is 2. The average Bonchev–Trinajstić information content (AvgIpc) is 2.62. The number of benzene rings is 1. The van der Waals surface area contributed by atoms with E-state index in [1.807, 2.05) is 0 Å². The molecule has 1 aromatic rings. The average molecular weight is 481 g/mol. The molecule has 10 heteroatoms. The zero-order valence-corrected chi connectivity index (χ0v) is 17.5. The maximum atomic E-state index is 10.9. The number of para-hydroxylation sites is 2. The van der Waals surface area contributed by atoms with E-state index < -0.39 is 4.92 Å². The van der Waals surface area contributed by atoms with Gasteiger partial charge in [-0.15, -0.1) is 24.0 Å². The van der Waals surface area contributed by atoms with Crippen molar-refractivity contribution < 1.29 is 14.4 Å². The second kappa shape index (κ2) is 15.6. The Labute approximate surface area is 171 Å². The second-order valence-electron chi connectivity index (χ2n) is 5.09. The molecule has 0 aromatic heterocycles. The topological polar surface area (TPSA) is 110 Å². The number of hydrogen-bond acceptors (Lipinski definition) is 6. The van der Waals surface area contributed by atoms with Gasteiger partial charge in [-0.1, -0.05) is 12.1 Å². The third kappa shape index (κ3) is 10.4. The van der Waals surface area contributed by atoms with Gasteiger partial charge >= 0.3 is 0 Å².